The van der Waals surface area contributed by atoms with E-state index in [-0.39, 0.29) is 0 Å². The SMILES string of the molecule is CCCCCc1cccc2c1-c1ccccc1-2.OP(O)O. The lowest BCUT2D eigenvalue weighted by Crippen LogP contribution is -2.02. The van der Waals surface area contributed by atoms with Crippen molar-refractivity contribution >= 4 is 8.60 Å². The summed E-state index contributed by atoms with van der Waals surface area (Å²) in [5, 5.41) is 0. The van der Waals surface area contributed by atoms with Crippen molar-refractivity contribution in [3.63, 3.8) is 0 Å². The van der Waals surface area contributed by atoms with Crippen LogP contribution in [0.25, 0.3) is 22.3 Å². The number of rotatable bonds is 4. The molecule has 1 aliphatic rings. The van der Waals surface area contributed by atoms with E-state index in [1.54, 1.807) is 0 Å². The molecule has 0 aliphatic heterocycles. The summed E-state index contributed by atoms with van der Waals surface area (Å²) < 4.78 is 0. The van der Waals surface area contributed by atoms with Crippen LogP contribution in [0.3, 0.4) is 0 Å². The summed E-state index contributed by atoms with van der Waals surface area (Å²) >= 11 is 0. The fourth-order valence-corrected chi connectivity index (χ4v) is 2.79. The Morgan fingerprint density at radius 3 is 2.10 bits per heavy atom. The molecule has 0 unspecified atom stereocenters. The zero-order valence-electron chi connectivity index (χ0n) is 12.2. The van der Waals surface area contributed by atoms with Crippen LogP contribution in [0.5, 0.6) is 0 Å². The van der Waals surface area contributed by atoms with Gasteiger partial charge in [0.15, 0.2) is 0 Å². The van der Waals surface area contributed by atoms with Crippen LogP contribution in [0, 0.1) is 0 Å². The maximum absolute atomic E-state index is 7.23. The van der Waals surface area contributed by atoms with Crippen LogP contribution < -0.4 is 0 Å². The molecule has 0 fully saturated rings. The van der Waals surface area contributed by atoms with Crippen molar-refractivity contribution in [2.75, 3.05) is 0 Å². The zero-order chi connectivity index (χ0) is 15.2. The van der Waals surface area contributed by atoms with Crippen molar-refractivity contribution in [2.24, 2.45) is 0 Å². The molecule has 112 valence electrons. The Hall–Kier alpha value is -1.25. The average molecular weight is 304 g/mol. The van der Waals surface area contributed by atoms with Gasteiger partial charge in [0.1, 0.15) is 0 Å². The van der Waals surface area contributed by atoms with Gasteiger partial charge in [-0.15, -0.1) is 0 Å². The van der Waals surface area contributed by atoms with Crippen LogP contribution >= 0.6 is 8.60 Å². The minimum absolute atomic E-state index is 1.23. The highest BCUT2D eigenvalue weighted by atomic mass is 31.2. The molecule has 1 aliphatic carbocycles. The Morgan fingerprint density at radius 2 is 1.43 bits per heavy atom. The van der Waals surface area contributed by atoms with E-state index >= 15 is 0 Å². The Kier molecular flexibility index (Phi) is 5.89. The number of hydrogen-bond acceptors (Lipinski definition) is 3. The summed E-state index contributed by atoms with van der Waals surface area (Å²) in [6.45, 7) is 2.26. The van der Waals surface area contributed by atoms with Gasteiger partial charge in [-0.1, -0.05) is 62.2 Å². The molecule has 0 aromatic heterocycles. The van der Waals surface area contributed by atoms with Crippen LogP contribution in [0.4, 0.5) is 0 Å². The van der Waals surface area contributed by atoms with Crippen LogP contribution in [-0.4, -0.2) is 14.7 Å². The molecular weight excluding hydrogens is 283 g/mol. The molecule has 0 bridgehead atoms. The predicted molar refractivity (Wildman–Crippen MR) is 87.7 cm³/mol. The molecule has 3 N–H and O–H groups in total. The van der Waals surface area contributed by atoms with Crippen molar-refractivity contribution < 1.29 is 14.7 Å². The molecule has 4 heteroatoms. The van der Waals surface area contributed by atoms with Crippen LogP contribution in [0.2, 0.25) is 0 Å². The van der Waals surface area contributed by atoms with Gasteiger partial charge in [0.2, 0.25) is 0 Å². The van der Waals surface area contributed by atoms with E-state index in [4.69, 9.17) is 14.7 Å². The third-order valence-corrected chi connectivity index (χ3v) is 3.69. The Labute approximate surface area is 126 Å². The minimum Gasteiger partial charge on any atom is -0.328 e. The topological polar surface area (TPSA) is 60.7 Å². The van der Waals surface area contributed by atoms with Gasteiger partial charge in [0.05, 0.1) is 0 Å². The fraction of sp³-hybridized carbons (Fsp3) is 0.294. The lowest BCUT2D eigenvalue weighted by Gasteiger charge is -2.26. The summed E-state index contributed by atoms with van der Waals surface area (Å²) in [4.78, 5) is 21.7. The molecule has 0 saturated heterocycles. The van der Waals surface area contributed by atoms with Crippen molar-refractivity contribution in [2.45, 2.75) is 32.6 Å². The third kappa shape index (κ3) is 3.90. The van der Waals surface area contributed by atoms with Gasteiger partial charge in [-0.2, -0.15) is 0 Å². The fourth-order valence-electron chi connectivity index (χ4n) is 2.79. The summed E-state index contributed by atoms with van der Waals surface area (Å²) in [7, 11) is -2.62. The second-order valence-electron chi connectivity index (χ2n) is 5.11. The smallest absolute Gasteiger partial charge is 0.324 e. The highest BCUT2D eigenvalue weighted by Crippen LogP contribution is 2.48. The first kappa shape index (κ1) is 16.1. The highest BCUT2D eigenvalue weighted by Gasteiger charge is 2.23. The molecule has 2 aromatic rings. The Morgan fingerprint density at radius 1 is 0.810 bits per heavy atom. The lowest BCUT2D eigenvalue weighted by atomic mass is 9.77. The second-order valence-corrected chi connectivity index (χ2v) is 5.65. The number of aryl methyl sites for hydroxylation is 1. The lowest BCUT2D eigenvalue weighted by molar-refractivity contribution is 0.368. The van der Waals surface area contributed by atoms with Crippen molar-refractivity contribution in [1.82, 2.24) is 0 Å². The van der Waals surface area contributed by atoms with Crippen LogP contribution in [0.15, 0.2) is 42.5 Å². The number of hydrogen-bond donors (Lipinski definition) is 3. The normalized spacial score (nSPS) is 11.1. The van der Waals surface area contributed by atoms with Gasteiger partial charge in [-0.25, -0.2) is 0 Å². The maximum Gasteiger partial charge on any atom is 0.324 e. The molecule has 3 rings (SSSR count). The van der Waals surface area contributed by atoms with E-state index in [9.17, 15) is 0 Å². The van der Waals surface area contributed by atoms with Crippen LogP contribution in [-0.2, 0) is 6.42 Å². The largest absolute Gasteiger partial charge is 0.328 e. The predicted octanol–water partition coefficient (Wildman–Crippen LogP) is 4.26. The van der Waals surface area contributed by atoms with Crippen molar-refractivity contribution in [1.29, 1.82) is 0 Å². The molecule has 0 saturated carbocycles. The van der Waals surface area contributed by atoms with E-state index in [1.807, 2.05) is 0 Å². The van der Waals surface area contributed by atoms with E-state index in [0.29, 0.717) is 0 Å². The summed E-state index contributed by atoms with van der Waals surface area (Å²) in [5.41, 5.74) is 7.39. The molecule has 2 aromatic carbocycles. The summed E-state index contributed by atoms with van der Waals surface area (Å²) in [6.07, 6.45) is 5.18. The Bertz CT molecular complexity index is 594. The standard InChI is InChI=1S/C17H18.H3O3P/c1-2-3-4-8-13-9-7-12-16-14-10-5-6-11-15(14)17(13)16;1-4(2)3/h5-7,9-12H,2-4,8H2,1H3;1-3H. The summed E-state index contributed by atoms with van der Waals surface area (Å²) in [5.74, 6) is 0. The first-order valence-electron chi connectivity index (χ1n) is 7.23. The van der Waals surface area contributed by atoms with Gasteiger partial charge < -0.3 is 14.7 Å². The quantitative estimate of drug-likeness (QED) is 0.498. The van der Waals surface area contributed by atoms with Crippen molar-refractivity contribution in [3.05, 3.63) is 48.0 Å². The van der Waals surface area contributed by atoms with Gasteiger partial charge in [0, 0.05) is 0 Å². The van der Waals surface area contributed by atoms with Crippen molar-refractivity contribution in [3.8, 4) is 22.3 Å². The number of unbranched alkanes of at least 4 members (excludes halogenated alkanes) is 2. The second kappa shape index (κ2) is 7.67. The van der Waals surface area contributed by atoms with E-state index in [1.165, 1.54) is 53.5 Å². The molecular formula is C17H21O3P. The maximum atomic E-state index is 7.23. The molecule has 0 atom stereocenters. The van der Waals surface area contributed by atoms with E-state index < -0.39 is 8.60 Å². The summed E-state index contributed by atoms with van der Waals surface area (Å²) in [6, 6.07) is 15.5. The molecule has 0 amide bonds. The van der Waals surface area contributed by atoms with Crippen LogP contribution in [0.1, 0.15) is 31.7 Å². The third-order valence-electron chi connectivity index (χ3n) is 3.69. The highest BCUT2D eigenvalue weighted by molar-refractivity contribution is 7.38. The average Bonchev–Trinajstić information content (AvgIpc) is 2.44. The van der Waals surface area contributed by atoms with Gasteiger partial charge in [0.25, 0.3) is 0 Å². The molecule has 0 heterocycles. The minimum atomic E-state index is -2.62. The van der Waals surface area contributed by atoms with E-state index in [2.05, 4.69) is 49.4 Å². The monoisotopic (exact) mass is 304 g/mol. The molecule has 3 nitrogen and oxygen atoms in total. The molecule has 0 spiro atoms. The molecule has 0 radical (unpaired) electrons. The first-order valence-corrected chi connectivity index (χ1v) is 8.43. The van der Waals surface area contributed by atoms with Gasteiger partial charge in [-0.05, 0) is 40.7 Å². The number of benzene rings is 2. The zero-order valence-corrected chi connectivity index (χ0v) is 13.1. The van der Waals surface area contributed by atoms with Gasteiger partial charge in [-0.3, -0.25) is 0 Å². The first-order chi connectivity index (χ1) is 10.1. The van der Waals surface area contributed by atoms with E-state index in [0.717, 1.165) is 0 Å². The molecule has 21 heavy (non-hydrogen) atoms. The number of fused-ring (bicyclic) bond motifs is 4. The Balaban J connectivity index is 0.000000361. The van der Waals surface area contributed by atoms with Gasteiger partial charge >= 0.3 is 8.60 Å².